The summed E-state index contributed by atoms with van der Waals surface area (Å²) in [6.45, 7) is 4.00. The van der Waals surface area contributed by atoms with Gasteiger partial charge in [-0.25, -0.2) is 9.37 Å². The fraction of sp³-hybridized carbons (Fsp3) is 0.118. The summed E-state index contributed by atoms with van der Waals surface area (Å²) in [5.41, 5.74) is 2.89. The zero-order valence-electron chi connectivity index (χ0n) is 11.6. The Kier molecular flexibility index (Phi) is 4.66. The molecule has 0 saturated heterocycles. The van der Waals surface area contributed by atoms with Crippen LogP contribution in [0.4, 0.5) is 4.39 Å². The van der Waals surface area contributed by atoms with Crippen molar-refractivity contribution in [2.45, 2.75) is 13.8 Å². The van der Waals surface area contributed by atoms with Crippen LogP contribution in [0.1, 0.15) is 25.2 Å². The first-order valence-electron chi connectivity index (χ1n) is 6.70. The van der Waals surface area contributed by atoms with Gasteiger partial charge in [0, 0.05) is 0 Å². The van der Waals surface area contributed by atoms with Gasteiger partial charge >= 0.3 is 0 Å². The third-order valence-electron chi connectivity index (χ3n) is 2.71. The highest BCUT2D eigenvalue weighted by atomic mass is 19.1. The van der Waals surface area contributed by atoms with Crippen LogP contribution in [0.3, 0.4) is 0 Å². The molecule has 20 heavy (non-hydrogen) atoms. The molecule has 0 radical (unpaired) electrons. The molecule has 0 amide bonds. The van der Waals surface area contributed by atoms with Crippen LogP contribution in [0, 0.1) is 5.82 Å². The molecule has 0 aliphatic heterocycles. The van der Waals surface area contributed by atoms with E-state index in [4.69, 9.17) is 0 Å². The van der Waals surface area contributed by atoms with E-state index in [-0.39, 0.29) is 5.82 Å². The number of nitrogens with zero attached hydrogens (tertiary/aromatic N) is 1. The van der Waals surface area contributed by atoms with E-state index < -0.39 is 0 Å². The fourth-order valence-corrected chi connectivity index (χ4v) is 1.80. The van der Waals surface area contributed by atoms with Crippen molar-refractivity contribution in [1.29, 1.82) is 0 Å². The SMILES string of the molecule is CC.Fc1ccc(/C=C/c2nc3ccccc3[nH]2)cc1. The lowest BCUT2D eigenvalue weighted by Crippen LogP contribution is -1.76. The van der Waals surface area contributed by atoms with Crippen LogP contribution in [0.5, 0.6) is 0 Å². The maximum atomic E-state index is 12.7. The lowest BCUT2D eigenvalue weighted by molar-refractivity contribution is 0.628. The van der Waals surface area contributed by atoms with Gasteiger partial charge in [-0.2, -0.15) is 0 Å². The molecule has 0 unspecified atom stereocenters. The molecular formula is C17H17FN2. The Morgan fingerprint density at radius 3 is 2.35 bits per heavy atom. The molecule has 0 atom stereocenters. The van der Waals surface area contributed by atoms with Crippen molar-refractivity contribution in [2.75, 3.05) is 0 Å². The number of halogens is 1. The Bertz CT molecular complexity index is 663. The van der Waals surface area contributed by atoms with Crippen LogP contribution in [0.15, 0.2) is 48.5 Å². The van der Waals surface area contributed by atoms with Gasteiger partial charge in [0.05, 0.1) is 11.0 Å². The number of para-hydroxylation sites is 2. The van der Waals surface area contributed by atoms with Crippen molar-refractivity contribution in [3.8, 4) is 0 Å². The number of aromatic amines is 1. The number of nitrogens with one attached hydrogen (secondary N) is 1. The van der Waals surface area contributed by atoms with Gasteiger partial charge in [-0.15, -0.1) is 0 Å². The van der Waals surface area contributed by atoms with Gasteiger partial charge < -0.3 is 4.98 Å². The van der Waals surface area contributed by atoms with Crippen molar-refractivity contribution in [3.63, 3.8) is 0 Å². The molecular weight excluding hydrogens is 251 g/mol. The molecule has 1 heterocycles. The zero-order chi connectivity index (χ0) is 14.4. The summed E-state index contributed by atoms with van der Waals surface area (Å²) in [6.07, 6.45) is 3.78. The maximum Gasteiger partial charge on any atom is 0.131 e. The van der Waals surface area contributed by atoms with Gasteiger partial charge in [0.2, 0.25) is 0 Å². The third kappa shape index (κ3) is 3.32. The number of hydrogen-bond acceptors (Lipinski definition) is 1. The minimum Gasteiger partial charge on any atom is -0.338 e. The van der Waals surface area contributed by atoms with Crippen molar-refractivity contribution in [2.24, 2.45) is 0 Å². The maximum absolute atomic E-state index is 12.7. The summed E-state index contributed by atoms with van der Waals surface area (Å²) in [4.78, 5) is 7.63. The van der Waals surface area contributed by atoms with Gasteiger partial charge in [-0.3, -0.25) is 0 Å². The first-order chi connectivity index (χ1) is 9.81. The Labute approximate surface area is 118 Å². The van der Waals surface area contributed by atoms with E-state index in [2.05, 4.69) is 9.97 Å². The normalized spacial score (nSPS) is 10.6. The summed E-state index contributed by atoms with van der Waals surface area (Å²) in [6, 6.07) is 14.2. The summed E-state index contributed by atoms with van der Waals surface area (Å²) < 4.78 is 12.7. The fourth-order valence-electron chi connectivity index (χ4n) is 1.80. The van der Waals surface area contributed by atoms with Crippen molar-refractivity contribution < 1.29 is 4.39 Å². The summed E-state index contributed by atoms with van der Waals surface area (Å²) in [5.74, 6) is 0.566. The quantitative estimate of drug-likeness (QED) is 0.703. The van der Waals surface area contributed by atoms with Crippen LogP contribution in [0.2, 0.25) is 0 Å². The summed E-state index contributed by atoms with van der Waals surface area (Å²) in [7, 11) is 0. The standard InChI is InChI=1S/C15H11FN2.C2H6/c16-12-8-5-11(6-9-12)7-10-15-17-13-3-1-2-4-14(13)18-15;1-2/h1-10H,(H,17,18);1-2H3/b10-7+;. The molecule has 102 valence electrons. The minimum atomic E-state index is -0.226. The van der Waals surface area contributed by atoms with Gasteiger partial charge in [0.25, 0.3) is 0 Å². The number of benzene rings is 2. The second-order valence-electron chi connectivity index (χ2n) is 4.02. The van der Waals surface area contributed by atoms with Crippen LogP contribution in [-0.4, -0.2) is 9.97 Å². The van der Waals surface area contributed by atoms with Crippen LogP contribution >= 0.6 is 0 Å². The van der Waals surface area contributed by atoms with E-state index in [0.717, 1.165) is 22.4 Å². The van der Waals surface area contributed by atoms with E-state index in [1.807, 2.05) is 50.3 Å². The average Bonchev–Trinajstić information content (AvgIpc) is 2.91. The second-order valence-corrected chi connectivity index (χ2v) is 4.02. The highest BCUT2D eigenvalue weighted by Crippen LogP contribution is 2.12. The molecule has 0 aliphatic carbocycles. The van der Waals surface area contributed by atoms with Crippen molar-refractivity contribution >= 4 is 23.2 Å². The Morgan fingerprint density at radius 1 is 0.950 bits per heavy atom. The van der Waals surface area contributed by atoms with Gasteiger partial charge in [-0.05, 0) is 35.9 Å². The smallest absolute Gasteiger partial charge is 0.131 e. The predicted octanol–water partition coefficient (Wildman–Crippen LogP) is 4.90. The lowest BCUT2D eigenvalue weighted by Gasteiger charge is -1.91. The molecule has 3 aromatic rings. The Morgan fingerprint density at radius 2 is 1.65 bits per heavy atom. The molecule has 0 fully saturated rings. The average molecular weight is 268 g/mol. The summed E-state index contributed by atoms with van der Waals surface area (Å²) >= 11 is 0. The highest BCUT2D eigenvalue weighted by molar-refractivity contribution is 5.78. The van der Waals surface area contributed by atoms with E-state index in [9.17, 15) is 4.39 Å². The number of fused-ring (bicyclic) bond motifs is 1. The first-order valence-corrected chi connectivity index (χ1v) is 6.70. The molecule has 3 heteroatoms. The van der Waals surface area contributed by atoms with E-state index >= 15 is 0 Å². The number of aromatic nitrogens is 2. The molecule has 1 N–H and O–H groups in total. The zero-order valence-corrected chi connectivity index (χ0v) is 11.6. The van der Waals surface area contributed by atoms with Crippen LogP contribution < -0.4 is 0 Å². The molecule has 0 bridgehead atoms. The topological polar surface area (TPSA) is 28.7 Å². The number of H-pyrrole nitrogens is 1. The first kappa shape index (κ1) is 14.0. The van der Waals surface area contributed by atoms with E-state index in [1.54, 1.807) is 12.1 Å². The lowest BCUT2D eigenvalue weighted by atomic mass is 10.2. The molecule has 0 spiro atoms. The second kappa shape index (κ2) is 6.66. The largest absolute Gasteiger partial charge is 0.338 e. The van der Waals surface area contributed by atoms with Gasteiger partial charge in [0.15, 0.2) is 0 Å². The number of hydrogen-bond donors (Lipinski definition) is 1. The number of imidazole rings is 1. The number of rotatable bonds is 2. The van der Waals surface area contributed by atoms with Gasteiger partial charge in [-0.1, -0.05) is 44.2 Å². The molecule has 0 saturated carbocycles. The predicted molar refractivity (Wildman–Crippen MR) is 82.8 cm³/mol. The Hall–Kier alpha value is -2.42. The molecule has 1 aromatic heterocycles. The summed E-state index contributed by atoms with van der Waals surface area (Å²) in [5, 5.41) is 0. The van der Waals surface area contributed by atoms with Crippen LogP contribution in [0.25, 0.3) is 23.2 Å². The van der Waals surface area contributed by atoms with E-state index in [1.165, 1.54) is 12.1 Å². The molecule has 0 aliphatic rings. The molecule has 2 nitrogen and oxygen atoms in total. The van der Waals surface area contributed by atoms with Gasteiger partial charge in [0.1, 0.15) is 11.6 Å². The monoisotopic (exact) mass is 268 g/mol. The van der Waals surface area contributed by atoms with Crippen molar-refractivity contribution in [1.82, 2.24) is 9.97 Å². The molecule has 3 rings (SSSR count). The highest BCUT2D eigenvalue weighted by Gasteiger charge is 1.97. The molecule has 2 aromatic carbocycles. The van der Waals surface area contributed by atoms with Crippen LogP contribution in [-0.2, 0) is 0 Å². The Balaban J connectivity index is 0.000000704. The van der Waals surface area contributed by atoms with Crippen molar-refractivity contribution in [3.05, 3.63) is 65.7 Å². The minimum absolute atomic E-state index is 0.226. The van der Waals surface area contributed by atoms with E-state index in [0.29, 0.717) is 0 Å². The third-order valence-corrected chi connectivity index (χ3v) is 2.71.